The summed E-state index contributed by atoms with van der Waals surface area (Å²) in [5.41, 5.74) is 2.38. The number of hydrogen-bond donors (Lipinski definition) is 1. The van der Waals surface area contributed by atoms with E-state index in [2.05, 4.69) is 21.7 Å². The Kier molecular flexibility index (Phi) is 7.61. The highest BCUT2D eigenvalue weighted by molar-refractivity contribution is 7.09. The summed E-state index contributed by atoms with van der Waals surface area (Å²) in [6.07, 6.45) is -0.556. The van der Waals surface area contributed by atoms with Gasteiger partial charge in [0.25, 0.3) is 0 Å². The normalized spacial score (nSPS) is 11.0. The van der Waals surface area contributed by atoms with E-state index in [-0.39, 0.29) is 6.61 Å². The molecule has 34 heavy (non-hydrogen) atoms. The number of amides is 1. The Hall–Kier alpha value is -3.62. The van der Waals surface area contributed by atoms with E-state index in [1.54, 1.807) is 37.5 Å². The number of ether oxygens (including phenoxy) is 2. The van der Waals surface area contributed by atoms with Crippen molar-refractivity contribution in [1.82, 2.24) is 4.90 Å². The summed E-state index contributed by atoms with van der Waals surface area (Å²) in [5.74, 6) is 0.825. The van der Waals surface area contributed by atoms with Gasteiger partial charge in [-0.25, -0.2) is 9.59 Å². The van der Waals surface area contributed by atoms with Crippen LogP contribution < -0.4 is 15.7 Å². The van der Waals surface area contributed by atoms with E-state index in [1.165, 1.54) is 10.9 Å². The molecule has 0 aliphatic rings. The fraction of sp³-hybridized carbons (Fsp3) is 0.231. The number of benzene rings is 2. The van der Waals surface area contributed by atoms with Crippen molar-refractivity contribution < 1.29 is 18.7 Å². The Balaban J connectivity index is 1.65. The van der Waals surface area contributed by atoms with Crippen LogP contribution in [0.25, 0.3) is 11.0 Å². The summed E-state index contributed by atoms with van der Waals surface area (Å²) in [6.45, 7) is 3.90. The van der Waals surface area contributed by atoms with Crippen molar-refractivity contribution in [3.63, 3.8) is 0 Å². The number of methoxy groups -OCH3 is 1. The molecule has 2 aromatic heterocycles. The maximum Gasteiger partial charge on any atom is 0.411 e. The highest BCUT2D eigenvalue weighted by Crippen LogP contribution is 2.26. The lowest BCUT2D eigenvalue weighted by Crippen LogP contribution is -2.23. The van der Waals surface area contributed by atoms with Crippen LogP contribution in [0.1, 0.15) is 22.9 Å². The Labute approximate surface area is 201 Å². The summed E-state index contributed by atoms with van der Waals surface area (Å²) in [6, 6.07) is 18.9. The Morgan fingerprint density at radius 1 is 1.03 bits per heavy atom. The molecule has 4 aromatic rings. The SMILES string of the molecule is CCOC(=O)Nc1ccc2c(CN(Cc3cccs3)Cc3ccccc3OC)cc(=O)oc2c1. The number of para-hydroxylation sites is 1. The zero-order valence-corrected chi connectivity index (χ0v) is 19.9. The van der Waals surface area contributed by atoms with E-state index in [1.807, 2.05) is 36.4 Å². The maximum atomic E-state index is 12.4. The van der Waals surface area contributed by atoms with Gasteiger partial charge < -0.3 is 13.9 Å². The van der Waals surface area contributed by atoms with Crippen LogP contribution in [0.4, 0.5) is 10.5 Å². The molecule has 176 valence electrons. The molecule has 2 aromatic carbocycles. The summed E-state index contributed by atoms with van der Waals surface area (Å²) in [7, 11) is 1.67. The van der Waals surface area contributed by atoms with E-state index >= 15 is 0 Å². The summed E-state index contributed by atoms with van der Waals surface area (Å²) in [4.78, 5) is 27.6. The van der Waals surface area contributed by atoms with Gasteiger partial charge in [0.1, 0.15) is 11.3 Å². The predicted molar refractivity (Wildman–Crippen MR) is 133 cm³/mol. The quantitative estimate of drug-likeness (QED) is 0.314. The smallest absolute Gasteiger partial charge is 0.411 e. The fourth-order valence-electron chi connectivity index (χ4n) is 3.83. The summed E-state index contributed by atoms with van der Waals surface area (Å²) < 4.78 is 15.9. The van der Waals surface area contributed by atoms with Gasteiger partial charge in [-0.15, -0.1) is 11.3 Å². The molecule has 0 unspecified atom stereocenters. The molecule has 0 radical (unpaired) electrons. The molecule has 1 N–H and O–H groups in total. The zero-order chi connectivity index (χ0) is 23.9. The maximum absolute atomic E-state index is 12.4. The van der Waals surface area contributed by atoms with Crippen molar-refractivity contribution in [2.24, 2.45) is 0 Å². The number of anilines is 1. The first-order chi connectivity index (χ1) is 16.6. The van der Waals surface area contributed by atoms with Crippen molar-refractivity contribution in [2.45, 2.75) is 26.6 Å². The van der Waals surface area contributed by atoms with Crippen LogP contribution in [0.15, 0.2) is 75.3 Å². The third-order valence-corrected chi connectivity index (χ3v) is 6.15. The molecule has 0 atom stereocenters. The molecule has 0 saturated carbocycles. The van der Waals surface area contributed by atoms with Crippen molar-refractivity contribution in [1.29, 1.82) is 0 Å². The van der Waals surface area contributed by atoms with Crippen LogP contribution in [0.2, 0.25) is 0 Å². The minimum atomic E-state index is -0.556. The molecule has 1 amide bonds. The van der Waals surface area contributed by atoms with E-state index in [0.29, 0.717) is 24.4 Å². The number of carbonyl (C=O) groups is 1. The lowest BCUT2D eigenvalue weighted by molar-refractivity contribution is 0.168. The third-order valence-electron chi connectivity index (χ3n) is 5.29. The van der Waals surface area contributed by atoms with Crippen LogP contribution in [0, 0.1) is 0 Å². The molecular weight excluding hydrogens is 452 g/mol. The number of hydrogen-bond acceptors (Lipinski definition) is 7. The van der Waals surface area contributed by atoms with Crippen molar-refractivity contribution in [2.75, 3.05) is 19.0 Å². The number of thiophene rings is 1. The van der Waals surface area contributed by atoms with Gasteiger partial charge in [-0.2, -0.15) is 0 Å². The molecule has 0 spiro atoms. The lowest BCUT2D eigenvalue weighted by Gasteiger charge is -2.23. The number of carbonyl (C=O) groups excluding carboxylic acids is 1. The van der Waals surface area contributed by atoms with Crippen LogP contribution in [0.5, 0.6) is 5.75 Å². The van der Waals surface area contributed by atoms with Crippen LogP contribution in [-0.2, 0) is 24.4 Å². The molecule has 7 nitrogen and oxygen atoms in total. The Bertz CT molecular complexity index is 1320. The van der Waals surface area contributed by atoms with Crippen molar-refractivity contribution >= 4 is 34.1 Å². The van der Waals surface area contributed by atoms with Gasteiger partial charge in [-0.1, -0.05) is 24.3 Å². The highest BCUT2D eigenvalue weighted by atomic mass is 32.1. The van der Waals surface area contributed by atoms with Gasteiger partial charge in [0, 0.05) is 53.3 Å². The minimum Gasteiger partial charge on any atom is -0.496 e. The summed E-state index contributed by atoms with van der Waals surface area (Å²) >= 11 is 1.70. The van der Waals surface area contributed by atoms with Crippen molar-refractivity contribution in [3.8, 4) is 5.75 Å². The molecule has 8 heteroatoms. The number of nitrogens with one attached hydrogen (secondary N) is 1. The van der Waals surface area contributed by atoms with Gasteiger partial charge in [0.05, 0.1) is 13.7 Å². The van der Waals surface area contributed by atoms with Gasteiger partial charge >= 0.3 is 11.7 Å². The average Bonchev–Trinajstić information content (AvgIpc) is 3.32. The fourth-order valence-corrected chi connectivity index (χ4v) is 4.58. The standard InChI is InChI=1S/C26H26N2O5S/c1-3-32-26(30)27-20-10-11-22-19(13-25(29)33-24(22)14-20)16-28(17-21-8-6-12-34-21)15-18-7-4-5-9-23(18)31-2/h4-14H,3,15-17H2,1-2H3,(H,27,30). The zero-order valence-electron chi connectivity index (χ0n) is 19.1. The predicted octanol–water partition coefficient (Wildman–Crippen LogP) is 5.63. The molecule has 0 aliphatic carbocycles. The highest BCUT2D eigenvalue weighted by Gasteiger charge is 2.15. The molecule has 2 heterocycles. The van der Waals surface area contributed by atoms with Gasteiger partial charge in [-0.05, 0) is 42.1 Å². The molecular formula is C26H26N2O5S. The van der Waals surface area contributed by atoms with Crippen molar-refractivity contribution in [3.05, 3.63) is 92.5 Å². The largest absolute Gasteiger partial charge is 0.496 e. The van der Waals surface area contributed by atoms with E-state index in [9.17, 15) is 9.59 Å². The van der Waals surface area contributed by atoms with Crippen LogP contribution >= 0.6 is 11.3 Å². The average molecular weight is 479 g/mol. The number of nitrogens with zero attached hydrogens (tertiary/aromatic N) is 1. The second-order valence-electron chi connectivity index (χ2n) is 7.68. The van der Waals surface area contributed by atoms with Gasteiger partial charge in [0.15, 0.2) is 0 Å². The van der Waals surface area contributed by atoms with Gasteiger partial charge in [-0.3, -0.25) is 10.2 Å². The topological polar surface area (TPSA) is 81.0 Å². The molecule has 0 fully saturated rings. The Morgan fingerprint density at radius 2 is 1.85 bits per heavy atom. The van der Waals surface area contributed by atoms with E-state index < -0.39 is 11.7 Å². The minimum absolute atomic E-state index is 0.269. The second-order valence-corrected chi connectivity index (χ2v) is 8.72. The number of fused-ring (bicyclic) bond motifs is 1. The number of rotatable bonds is 9. The molecule has 0 aliphatic heterocycles. The van der Waals surface area contributed by atoms with E-state index in [4.69, 9.17) is 13.9 Å². The first kappa shape index (κ1) is 23.5. The van der Waals surface area contributed by atoms with Gasteiger partial charge in [0.2, 0.25) is 0 Å². The third kappa shape index (κ3) is 5.84. The summed E-state index contributed by atoms with van der Waals surface area (Å²) in [5, 5.41) is 5.51. The molecule has 0 bridgehead atoms. The Morgan fingerprint density at radius 3 is 2.62 bits per heavy atom. The second kappa shape index (κ2) is 11.0. The lowest BCUT2D eigenvalue weighted by atomic mass is 10.1. The van der Waals surface area contributed by atoms with Crippen LogP contribution in [0.3, 0.4) is 0 Å². The molecule has 4 rings (SSSR count). The first-order valence-corrected chi connectivity index (χ1v) is 11.8. The first-order valence-electron chi connectivity index (χ1n) is 10.9. The monoisotopic (exact) mass is 478 g/mol. The van der Waals surface area contributed by atoms with E-state index in [0.717, 1.165) is 28.8 Å². The molecule has 0 saturated heterocycles. The van der Waals surface area contributed by atoms with Crippen LogP contribution in [-0.4, -0.2) is 24.7 Å².